The van der Waals surface area contributed by atoms with Crippen LogP contribution in [0.4, 0.5) is 0 Å². The Morgan fingerprint density at radius 3 is 2.26 bits per heavy atom. The van der Waals surface area contributed by atoms with Crippen molar-refractivity contribution < 1.29 is 4.74 Å². The molecule has 0 N–H and O–H groups in total. The zero-order valence-corrected chi connectivity index (χ0v) is 13.5. The SMILES string of the molecule is Cc1ccc2c(c1)Oc1cc(C)cc3c4cc(C)ccc4n-2c13. The second kappa shape index (κ2) is 4.17. The Labute approximate surface area is 134 Å². The van der Waals surface area contributed by atoms with Crippen LogP contribution in [-0.4, -0.2) is 4.57 Å². The van der Waals surface area contributed by atoms with Gasteiger partial charge >= 0.3 is 0 Å². The molecule has 2 nitrogen and oxygen atoms in total. The van der Waals surface area contributed by atoms with E-state index in [1.165, 1.54) is 38.5 Å². The van der Waals surface area contributed by atoms with Crippen LogP contribution in [-0.2, 0) is 0 Å². The Morgan fingerprint density at radius 2 is 1.39 bits per heavy atom. The molecule has 3 aromatic carbocycles. The highest BCUT2D eigenvalue weighted by atomic mass is 16.5. The van der Waals surface area contributed by atoms with Gasteiger partial charge in [0.25, 0.3) is 0 Å². The molecule has 112 valence electrons. The van der Waals surface area contributed by atoms with E-state index in [0.29, 0.717) is 0 Å². The zero-order chi connectivity index (χ0) is 15.7. The van der Waals surface area contributed by atoms with Crippen molar-refractivity contribution in [1.82, 2.24) is 4.57 Å². The summed E-state index contributed by atoms with van der Waals surface area (Å²) in [6, 6.07) is 17.5. The van der Waals surface area contributed by atoms with Crippen LogP contribution in [0.5, 0.6) is 11.5 Å². The lowest BCUT2D eigenvalue weighted by Gasteiger charge is -2.21. The van der Waals surface area contributed by atoms with Crippen molar-refractivity contribution in [1.29, 1.82) is 0 Å². The molecule has 1 aromatic heterocycles. The van der Waals surface area contributed by atoms with Gasteiger partial charge in [0, 0.05) is 10.8 Å². The minimum absolute atomic E-state index is 0.933. The van der Waals surface area contributed by atoms with Crippen LogP contribution >= 0.6 is 0 Å². The number of fused-ring (bicyclic) bond motifs is 5. The number of nitrogens with zero attached hydrogens (tertiary/aromatic N) is 1. The topological polar surface area (TPSA) is 14.2 Å². The average molecular weight is 299 g/mol. The number of hydrogen-bond donors (Lipinski definition) is 0. The maximum Gasteiger partial charge on any atom is 0.152 e. The number of aromatic nitrogens is 1. The maximum absolute atomic E-state index is 6.25. The summed E-state index contributed by atoms with van der Waals surface area (Å²) in [5.41, 5.74) is 7.26. The van der Waals surface area contributed by atoms with Crippen molar-refractivity contribution >= 4 is 21.8 Å². The van der Waals surface area contributed by atoms with Gasteiger partial charge in [0.05, 0.1) is 16.7 Å². The first kappa shape index (κ1) is 12.8. The van der Waals surface area contributed by atoms with Crippen molar-refractivity contribution in [3.05, 3.63) is 65.2 Å². The van der Waals surface area contributed by atoms with E-state index >= 15 is 0 Å². The predicted octanol–water partition coefficient (Wildman–Crippen LogP) is 5.81. The summed E-state index contributed by atoms with van der Waals surface area (Å²) in [4.78, 5) is 0. The van der Waals surface area contributed by atoms with Gasteiger partial charge in [0.2, 0.25) is 0 Å². The van der Waals surface area contributed by atoms with Gasteiger partial charge in [-0.3, -0.25) is 0 Å². The highest BCUT2D eigenvalue weighted by Gasteiger charge is 2.24. The molecule has 2 heterocycles. The average Bonchev–Trinajstić information content (AvgIpc) is 2.82. The second-order valence-corrected chi connectivity index (χ2v) is 6.59. The van der Waals surface area contributed by atoms with Crippen LogP contribution in [0.25, 0.3) is 27.5 Å². The van der Waals surface area contributed by atoms with Crippen LogP contribution in [0.3, 0.4) is 0 Å². The number of ether oxygens (including phenoxy) is 1. The van der Waals surface area contributed by atoms with E-state index in [2.05, 4.69) is 73.9 Å². The third-order valence-corrected chi connectivity index (χ3v) is 4.70. The Bertz CT molecular complexity index is 1120. The molecule has 0 unspecified atom stereocenters. The van der Waals surface area contributed by atoms with Crippen molar-refractivity contribution in [3.8, 4) is 17.2 Å². The molecule has 0 aliphatic carbocycles. The summed E-state index contributed by atoms with van der Waals surface area (Å²) in [6.07, 6.45) is 0. The first-order chi connectivity index (χ1) is 11.1. The van der Waals surface area contributed by atoms with Crippen LogP contribution in [0, 0.1) is 20.8 Å². The van der Waals surface area contributed by atoms with E-state index in [4.69, 9.17) is 4.74 Å². The molecule has 23 heavy (non-hydrogen) atoms. The molecule has 5 rings (SSSR count). The molecule has 0 radical (unpaired) electrons. The first-order valence-electron chi connectivity index (χ1n) is 7.96. The molecule has 0 amide bonds. The fraction of sp³-hybridized carbons (Fsp3) is 0.143. The fourth-order valence-corrected chi connectivity index (χ4v) is 3.70. The number of benzene rings is 3. The molecule has 0 atom stereocenters. The molecule has 2 heteroatoms. The van der Waals surface area contributed by atoms with Crippen LogP contribution in [0.1, 0.15) is 16.7 Å². The second-order valence-electron chi connectivity index (χ2n) is 6.59. The minimum Gasteiger partial charge on any atom is -0.453 e. The molecule has 0 fully saturated rings. The van der Waals surface area contributed by atoms with Gasteiger partial charge in [-0.1, -0.05) is 17.7 Å². The quantitative estimate of drug-likeness (QED) is 0.352. The van der Waals surface area contributed by atoms with E-state index in [9.17, 15) is 0 Å². The smallest absolute Gasteiger partial charge is 0.152 e. The Hall–Kier alpha value is -2.74. The van der Waals surface area contributed by atoms with Crippen molar-refractivity contribution in [2.45, 2.75) is 20.8 Å². The molecule has 4 aromatic rings. The molecular formula is C21H17NO. The van der Waals surface area contributed by atoms with Crippen LogP contribution < -0.4 is 4.74 Å². The van der Waals surface area contributed by atoms with Crippen LogP contribution in [0.15, 0.2) is 48.5 Å². The number of aryl methyl sites for hydroxylation is 3. The fourth-order valence-electron chi connectivity index (χ4n) is 3.70. The third kappa shape index (κ3) is 1.63. The van der Waals surface area contributed by atoms with Crippen LogP contribution in [0.2, 0.25) is 0 Å². The van der Waals surface area contributed by atoms with Gasteiger partial charge in [-0.05, 0) is 68.3 Å². The molecule has 1 aliphatic rings. The van der Waals surface area contributed by atoms with Gasteiger partial charge in [-0.25, -0.2) is 0 Å². The van der Waals surface area contributed by atoms with E-state index in [1.807, 2.05) is 0 Å². The minimum atomic E-state index is 0.933. The zero-order valence-electron chi connectivity index (χ0n) is 13.5. The number of rotatable bonds is 0. The molecular weight excluding hydrogens is 282 g/mol. The van der Waals surface area contributed by atoms with E-state index in [0.717, 1.165) is 17.2 Å². The summed E-state index contributed by atoms with van der Waals surface area (Å²) in [5.74, 6) is 1.88. The van der Waals surface area contributed by atoms with Crippen molar-refractivity contribution in [2.75, 3.05) is 0 Å². The monoisotopic (exact) mass is 299 g/mol. The highest BCUT2D eigenvalue weighted by molar-refractivity contribution is 6.12. The summed E-state index contributed by atoms with van der Waals surface area (Å²) >= 11 is 0. The van der Waals surface area contributed by atoms with E-state index in [-0.39, 0.29) is 0 Å². The predicted molar refractivity (Wildman–Crippen MR) is 95.1 cm³/mol. The molecule has 0 saturated carbocycles. The summed E-state index contributed by atoms with van der Waals surface area (Å²) < 4.78 is 8.59. The lowest BCUT2D eigenvalue weighted by molar-refractivity contribution is 0.475. The first-order valence-corrected chi connectivity index (χ1v) is 7.96. The maximum atomic E-state index is 6.25. The molecule has 0 saturated heterocycles. The van der Waals surface area contributed by atoms with Gasteiger partial charge < -0.3 is 9.30 Å². The highest BCUT2D eigenvalue weighted by Crippen LogP contribution is 2.46. The standard InChI is InChI=1S/C21H17NO/c1-12-4-6-17-15(8-12)16-9-14(3)11-20-21(16)22(17)18-7-5-13(2)10-19(18)23-20/h4-11H,1-3H3. The lowest BCUT2D eigenvalue weighted by Crippen LogP contribution is -2.04. The molecule has 1 aliphatic heterocycles. The summed E-state index contributed by atoms with van der Waals surface area (Å²) in [7, 11) is 0. The molecule has 0 bridgehead atoms. The van der Waals surface area contributed by atoms with Crippen molar-refractivity contribution in [3.63, 3.8) is 0 Å². The lowest BCUT2D eigenvalue weighted by atomic mass is 10.1. The van der Waals surface area contributed by atoms with Crippen molar-refractivity contribution in [2.24, 2.45) is 0 Å². The Morgan fingerprint density at radius 1 is 0.696 bits per heavy atom. The van der Waals surface area contributed by atoms with Gasteiger partial charge in [-0.2, -0.15) is 0 Å². The van der Waals surface area contributed by atoms with Gasteiger partial charge in [0.15, 0.2) is 11.5 Å². The van der Waals surface area contributed by atoms with Gasteiger partial charge in [-0.15, -0.1) is 0 Å². The molecule has 0 spiro atoms. The summed E-state index contributed by atoms with van der Waals surface area (Å²) in [6.45, 7) is 6.37. The summed E-state index contributed by atoms with van der Waals surface area (Å²) in [5, 5.41) is 2.56. The number of hydrogen-bond acceptors (Lipinski definition) is 1. The normalized spacial score (nSPS) is 12.5. The third-order valence-electron chi connectivity index (χ3n) is 4.70. The van der Waals surface area contributed by atoms with E-state index in [1.54, 1.807) is 0 Å². The van der Waals surface area contributed by atoms with Gasteiger partial charge in [0.1, 0.15) is 0 Å². The van der Waals surface area contributed by atoms with E-state index < -0.39 is 0 Å². The Balaban J connectivity index is 2.06. The Kier molecular flexibility index (Phi) is 2.31. The largest absolute Gasteiger partial charge is 0.453 e.